The molecule has 1 aliphatic heterocycles. The van der Waals surface area contributed by atoms with E-state index in [0.29, 0.717) is 22.8 Å². The van der Waals surface area contributed by atoms with E-state index in [1.54, 1.807) is 17.0 Å². The number of likely N-dealkylation sites (tertiary alicyclic amines) is 1. The van der Waals surface area contributed by atoms with Gasteiger partial charge in [0.05, 0.1) is 9.75 Å². The summed E-state index contributed by atoms with van der Waals surface area (Å²) in [5.74, 6) is -1.52. The van der Waals surface area contributed by atoms with Crippen molar-refractivity contribution in [3.63, 3.8) is 0 Å². The number of piperidine rings is 1. The minimum atomic E-state index is -4.61. The lowest BCUT2D eigenvalue weighted by atomic mass is 10.00. The summed E-state index contributed by atoms with van der Waals surface area (Å²) in [5, 5.41) is 3.51. The highest BCUT2D eigenvalue weighted by Gasteiger charge is 2.39. The Morgan fingerprint density at radius 2 is 2.20 bits per heavy atom. The molecule has 3 rings (SSSR count). The van der Waals surface area contributed by atoms with E-state index in [1.807, 2.05) is 0 Å². The number of nitrogens with zero attached hydrogens (tertiary/aromatic N) is 2. The van der Waals surface area contributed by atoms with E-state index in [9.17, 15) is 22.8 Å². The lowest BCUT2D eigenvalue weighted by Crippen LogP contribution is -2.40. The molecule has 1 saturated heterocycles. The molecule has 0 radical (unpaired) electrons. The third kappa shape index (κ3) is 3.46. The van der Waals surface area contributed by atoms with Crippen LogP contribution in [0.2, 0.25) is 0 Å². The van der Waals surface area contributed by atoms with E-state index in [0.717, 1.165) is 30.5 Å². The summed E-state index contributed by atoms with van der Waals surface area (Å²) in [7, 11) is 0. The Labute approximate surface area is 145 Å². The summed E-state index contributed by atoms with van der Waals surface area (Å²) < 4.78 is 42.8. The molecule has 2 aromatic rings. The van der Waals surface area contributed by atoms with Crippen molar-refractivity contribution in [2.45, 2.75) is 25.9 Å². The van der Waals surface area contributed by atoms with Crippen molar-refractivity contribution in [3.05, 3.63) is 28.3 Å². The number of aldehydes is 1. The van der Waals surface area contributed by atoms with Gasteiger partial charge < -0.3 is 14.2 Å². The van der Waals surface area contributed by atoms with Crippen molar-refractivity contribution < 1.29 is 27.3 Å². The first-order valence-corrected chi connectivity index (χ1v) is 8.51. The second-order valence-electron chi connectivity index (χ2n) is 5.94. The molecule has 0 aromatic carbocycles. The van der Waals surface area contributed by atoms with E-state index < -0.39 is 11.9 Å². The largest absolute Gasteiger partial charge is 0.452 e. The maximum atomic E-state index is 12.8. The van der Waals surface area contributed by atoms with Crippen LogP contribution in [-0.4, -0.2) is 35.3 Å². The van der Waals surface area contributed by atoms with Crippen LogP contribution in [0.5, 0.6) is 0 Å². The number of rotatable bonds is 3. The van der Waals surface area contributed by atoms with Gasteiger partial charge in [-0.25, -0.2) is 0 Å². The molecule has 2 aromatic heterocycles. The number of hydrogen-bond acceptors (Lipinski definition) is 5. The zero-order chi connectivity index (χ0) is 18.2. The van der Waals surface area contributed by atoms with Gasteiger partial charge in [0.15, 0.2) is 0 Å². The Balaban J connectivity index is 1.82. The van der Waals surface area contributed by atoms with Gasteiger partial charge in [-0.15, -0.1) is 11.3 Å². The fraction of sp³-hybridized carbons (Fsp3) is 0.438. The highest BCUT2D eigenvalue weighted by atomic mass is 32.1. The average Bonchev–Trinajstić information content (AvgIpc) is 3.20. The zero-order valence-corrected chi connectivity index (χ0v) is 14.1. The van der Waals surface area contributed by atoms with Crippen molar-refractivity contribution in [1.29, 1.82) is 0 Å². The predicted octanol–water partition coefficient (Wildman–Crippen LogP) is 3.78. The van der Waals surface area contributed by atoms with Crippen LogP contribution in [0.1, 0.15) is 33.8 Å². The molecule has 0 bridgehead atoms. The van der Waals surface area contributed by atoms with Crippen molar-refractivity contribution in [3.8, 4) is 10.6 Å². The van der Waals surface area contributed by atoms with Crippen LogP contribution >= 0.6 is 11.3 Å². The minimum Gasteiger partial charge on any atom is -0.351 e. The molecule has 9 heteroatoms. The molecular weight excluding hydrogens is 357 g/mol. The van der Waals surface area contributed by atoms with E-state index in [1.165, 1.54) is 6.92 Å². The molecule has 1 amide bonds. The Hall–Kier alpha value is -2.16. The van der Waals surface area contributed by atoms with E-state index >= 15 is 0 Å². The highest BCUT2D eigenvalue weighted by molar-refractivity contribution is 7.17. The van der Waals surface area contributed by atoms with Gasteiger partial charge in [0.1, 0.15) is 12.0 Å². The Kier molecular flexibility index (Phi) is 4.68. The van der Waals surface area contributed by atoms with E-state index in [-0.39, 0.29) is 23.1 Å². The van der Waals surface area contributed by atoms with Crippen molar-refractivity contribution >= 4 is 23.5 Å². The molecule has 134 valence electrons. The summed E-state index contributed by atoms with van der Waals surface area (Å²) in [4.78, 5) is 25.9. The first kappa shape index (κ1) is 17.7. The first-order valence-electron chi connectivity index (χ1n) is 7.69. The third-order valence-electron chi connectivity index (χ3n) is 4.17. The number of halogens is 3. The van der Waals surface area contributed by atoms with Gasteiger partial charge in [0.25, 0.3) is 5.91 Å². The van der Waals surface area contributed by atoms with Crippen LogP contribution in [-0.2, 0) is 11.0 Å². The average molecular weight is 372 g/mol. The molecule has 1 atom stereocenters. The number of thiophene rings is 1. The number of amides is 1. The van der Waals surface area contributed by atoms with Crippen molar-refractivity contribution in [2.75, 3.05) is 13.1 Å². The standard InChI is InChI=1S/C16H15F3N2O3S/c1-9-13(20-24-14(9)16(17,18)19)11-4-5-12(25-11)15(23)21-6-2-3-10(7-21)8-22/h4-5,8,10H,2-3,6-7H2,1H3. The zero-order valence-electron chi connectivity index (χ0n) is 13.3. The topological polar surface area (TPSA) is 63.4 Å². The number of carbonyl (C=O) groups excluding carboxylic acids is 2. The molecular formula is C16H15F3N2O3S. The van der Waals surface area contributed by atoms with Gasteiger partial charge in [-0.2, -0.15) is 13.2 Å². The summed E-state index contributed by atoms with van der Waals surface area (Å²) in [6.07, 6.45) is -2.23. The molecule has 25 heavy (non-hydrogen) atoms. The van der Waals surface area contributed by atoms with Crippen LogP contribution in [0.25, 0.3) is 10.6 Å². The quantitative estimate of drug-likeness (QED) is 0.769. The minimum absolute atomic E-state index is 0.0841. The molecule has 3 heterocycles. The molecule has 1 fully saturated rings. The molecule has 0 aliphatic carbocycles. The normalized spacial score (nSPS) is 18.4. The second kappa shape index (κ2) is 6.62. The van der Waals surface area contributed by atoms with E-state index in [2.05, 4.69) is 9.68 Å². The number of aromatic nitrogens is 1. The maximum Gasteiger partial charge on any atom is 0.452 e. The summed E-state index contributed by atoms with van der Waals surface area (Å²) in [5.41, 5.74) is -0.0203. The lowest BCUT2D eigenvalue weighted by molar-refractivity contribution is -0.156. The number of hydrogen-bond donors (Lipinski definition) is 0. The summed E-state index contributed by atoms with van der Waals surface area (Å²) in [6.45, 7) is 2.23. The van der Waals surface area contributed by atoms with Crippen LogP contribution in [0.3, 0.4) is 0 Å². The molecule has 5 nitrogen and oxygen atoms in total. The van der Waals surface area contributed by atoms with Gasteiger partial charge in [-0.3, -0.25) is 4.79 Å². The highest BCUT2D eigenvalue weighted by Crippen LogP contribution is 2.38. The van der Waals surface area contributed by atoms with Gasteiger partial charge in [-0.05, 0) is 31.9 Å². The van der Waals surface area contributed by atoms with E-state index in [4.69, 9.17) is 0 Å². The van der Waals surface area contributed by atoms with Crippen molar-refractivity contribution in [2.24, 2.45) is 5.92 Å². The van der Waals surface area contributed by atoms with Crippen LogP contribution < -0.4 is 0 Å². The monoisotopic (exact) mass is 372 g/mol. The van der Waals surface area contributed by atoms with Crippen molar-refractivity contribution in [1.82, 2.24) is 10.1 Å². The first-order chi connectivity index (χ1) is 11.8. The van der Waals surface area contributed by atoms with Gasteiger partial charge in [-0.1, -0.05) is 5.16 Å². The van der Waals surface area contributed by atoms with Crippen LogP contribution in [0.15, 0.2) is 16.7 Å². The summed E-state index contributed by atoms with van der Waals surface area (Å²) >= 11 is 1.07. The van der Waals surface area contributed by atoms with Gasteiger partial charge in [0, 0.05) is 24.6 Å². The fourth-order valence-corrected chi connectivity index (χ4v) is 3.88. The van der Waals surface area contributed by atoms with Gasteiger partial charge in [0.2, 0.25) is 5.76 Å². The Morgan fingerprint density at radius 3 is 2.84 bits per heavy atom. The molecule has 1 aliphatic rings. The molecule has 0 spiro atoms. The fourth-order valence-electron chi connectivity index (χ4n) is 2.87. The number of alkyl halides is 3. The summed E-state index contributed by atoms with van der Waals surface area (Å²) in [6, 6.07) is 3.12. The maximum absolute atomic E-state index is 12.8. The SMILES string of the molecule is Cc1c(-c2ccc(C(=O)N3CCCC(C=O)C3)s2)noc1C(F)(F)F. The second-order valence-corrected chi connectivity index (χ2v) is 7.02. The van der Waals surface area contributed by atoms with Crippen LogP contribution in [0.4, 0.5) is 13.2 Å². The predicted molar refractivity (Wildman–Crippen MR) is 84.2 cm³/mol. The smallest absolute Gasteiger partial charge is 0.351 e. The Morgan fingerprint density at radius 1 is 1.44 bits per heavy atom. The van der Waals surface area contributed by atoms with Gasteiger partial charge >= 0.3 is 6.18 Å². The third-order valence-corrected chi connectivity index (χ3v) is 5.25. The molecule has 1 unspecified atom stereocenters. The van der Waals surface area contributed by atoms with Crippen LogP contribution in [0, 0.1) is 12.8 Å². The Bertz CT molecular complexity index is 797. The molecule has 0 saturated carbocycles. The number of carbonyl (C=O) groups is 2. The lowest BCUT2D eigenvalue weighted by Gasteiger charge is -2.29. The molecule has 0 N–H and O–H groups in total.